The van der Waals surface area contributed by atoms with Crippen molar-refractivity contribution in [1.29, 1.82) is 0 Å². The van der Waals surface area contributed by atoms with Crippen LogP contribution in [-0.2, 0) is 4.74 Å². The minimum atomic E-state index is -2.32. The van der Waals surface area contributed by atoms with Gasteiger partial charge in [-0.05, 0) is 30.7 Å². The molecule has 6 nitrogen and oxygen atoms in total. The number of amides is 1. The Hall–Kier alpha value is -2.32. The van der Waals surface area contributed by atoms with E-state index in [1.165, 1.54) is 12.3 Å². The Kier molecular flexibility index (Phi) is 5.06. The Morgan fingerprint density at radius 1 is 1.50 bits per heavy atom. The number of halogens is 3. The van der Waals surface area contributed by atoms with Crippen molar-refractivity contribution in [3.63, 3.8) is 0 Å². The van der Waals surface area contributed by atoms with Crippen molar-refractivity contribution in [2.75, 3.05) is 13.2 Å². The smallest absolute Gasteiger partial charge is 0.274 e. The molecule has 1 aliphatic carbocycles. The summed E-state index contributed by atoms with van der Waals surface area (Å²) in [4.78, 5) is 20.1. The summed E-state index contributed by atoms with van der Waals surface area (Å²) in [7, 11) is 0. The van der Waals surface area contributed by atoms with Crippen LogP contribution < -0.4 is 11.1 Å². The molecule has 0 bridgehead atoms. The summed E-state index contributed by atoms with van der Waals surface area (Å²) in [6.07, 6.45) is 3.74. The molecule has 1 aromatic rings. The second-order valence-corrected chi connectivity index (χ2v) is 6.62. The molecule has 1 unspecified atom stereocenters. The van der Waals surface area contributed by atoms with Gasteiger partial charge in [0, 0.05) is 18.3 Å². The van der Waals surface area contributed by atoms with Gasteiger partial charge in [-0.25, -0.2) is 18.8 Å². The monoisotopic (exact) mass is 382 g/mol. The molecule has 0 fully saturated rings. The van der Waals surface area contributed by atoms with Gasteiger partial charge in [0.25, 0.3) is 5.91 Å². The molecule has 2 heterocycles. The number of nitrogens with two attached hydrogens (primary N) is 1. The SMILES string of the molecule is Cc1cc(Cl)cnc1C(=O)NC1=CC=C(F)C([C@]2(F)COCC(N)=N2)C1. The number of nitrogens with one attached hydrogen (secondary N) is 1. The quantitative estimate of drug-likeness (QED) is 0.786. The van der Waals surface area contributed by atoms with Gasteiger partial charge in [0.15, 0.2) is 0 Å². The van der Waals surface area contributed by atoms with Crippen LogP contribution in [0.5, 0.6) is 0 Å². The van der Waals surface area contributed by atoms with Gasteiger partial charge in [-0.2, -0.15) is 0 Å². The Balaban J connectivity index is 1.78. The van der Waals surface area contributed by atoms with E-state index in [2.05, 4.69) is 15.3 Å². The predicted molar refractivity (Wildman–Crippen MR) is 93.1 cm³/mol. The number of hydrogen-bond donors (Lipinski definition) is 2. The van der Waals surface area contributed by atoms with Crippen molar-refractivity contribution in [3.05, 3.63) is 52.2 Å². The Labute approximate surface area is 153 Å². The van der Waals surface area contributed by atoms with E-state index in [1.807, 2.05) is 0 Å². The summed E-state index contributed by atoms with van der Waals surface area (Å²) >= 11 is 5.83. The maximum Gasteiger partial charge on any atom is 0.274 e. The van der Waals surface area contributed by atoms with Gasteiger partial charge in [-0.15, -0.1) is 0 Å². The van der Waals surface area contributed by atoms with Crippen LogP contribution in [0.4, 0.5) is 8.78 Å². The van der Waals surface area contributed by atoms with E-state index in [0.717, 1.165) is 6.08 Å². The molecule has 1 aliphatic heterocycles. The summed E-state index contributed by atoms with van der Waals surface area (Å²) < 4.78 is 34.3. The minimum absolute atomic E-state index is 0.00463. The highest BCUT2D eigenvalue weighted by atomic mass is 35.5. The van der Waals surface area contributed by atoms with Gasteiger partial charge in [-0.1, -0.05) is 11.6 Å². The number of allylic oxidation sites excluding steroid dienone is 3. The Morgan fingerprint density at radius 2 is 2.27 bits per heavy atom. The first-order chi connectivity index (χ1) is 12.3. The minimum Gasteiger partial charge on any atom is -0.385 e. The van der Waals surface area contributed by atoms with Crippen LogP contribution in [0.1, 0.15) is 22.5 Å². The first kappa shape index (κ1) is 18.5. The normalized spacial score (nSPS) is 25.8. The molecule has 1 amide bonds. The number of aryl methyl sites for hydroxylation is 1. The van der Waals surface area contributed by atoms with Crippen molar-refractivity contribution in [1.82, 2.24) is 10.3 Å². The largest absolute Gasteiger partial charge is 0.385 e. The van der Waals surface area contributed by atoms with Crippen molar-refractivity contribution >= 4 is 23.3 Å². The number of ether oxygens (including phenoxy) is 1. The Bertz CT molecular complexity index is 840. The second kappa shape index (κ2) is 7.13. The fourth-order valence-corrected chi connectivity index (χ4v) is 3.12. The number of hydrogen-bond acceptors (Lipinski definition) is 5. The summed E-state index contributed by atoms with van der Waals surface area (Å²) in [6.45, 7) is 1.29. The van der Waals surface area contributed by atoms with Crippen LogP contribution in [0.15, 0.2) is 40.9 Å². The molecular formula is C17H17ClF2N4O2. The summed E-state index contributed by atoms with van der Waals surface area (Å²) in [5.41, 5.74) is 6.63. The molecule has 0 radical (unpaired) electrons. The maximum atomic E-state index is 15.1. The van der Waals surface area contributed by atoms with Crippen LogP contribution in [0, 0.1) is 12.8 Å². The van der Waals surface area contributed by atoms with Gasteiger partial charge in [-0.3, -0.25) is 4.79 Å². The zero-order valence-electron chi connectivity index (χ0n) is 13.9. The first-order valence-corrected chi connectivity index (χ1v) is 8.27. The van der Waals surface area contributed by atoms with Crippen LogP contribution in [0.3, 0.4) is 0 Å². The van der Waals surface area contributed by atoms with Crippen LogP contribution in [0.25, 0.3) is 0 Å². The molecule has 26 heavy (non-hydrogen) atoms. The van der Waals surface area contributed by atoms with E-state index in [9.17, 15) is 9.18 Å². The van der Waals surface area contributed by atoms with E-state index < -0.39 is 30.1 Å². The van der Waals surface area contributed by atoms with Crippen molar-refractivity contribution < 1.29 is 18.3 Å². The van der Waals surface area contributed by atoms with Gasteiger partial charge in [0.05, 0.1) is 10.9 Å². The molecule has 2 atom stereocenters. The molecule has 0 aromatic carbocycles. The molecule has 0 saturated heterocycles. The third-order valence-electron chi connectivity index (χ3n) is 4.15. The number of aliphatic imine (C=N–C) groups is 1. The van der Waals surface area contributed by atoms with E-state index in [0.29, 0.717) is 16.3 Å². The number of carbonyl (C=O) groups excluding carboxylic acids is 1. The number of amidine groups is 1. The molecule has 1 aromatic heterocycles. The lowest BCUT2D eigenvalue weighted by molar-refractivity contribution is -0.0149. The molecule has 138 valence electrons. The number of nitrogens with zero attached hydrogens (tertiary/aromatic N) is 2. The lowest BCUT2D eigenvalue weighted by Crippen LogP contribution is -2.45. The Morgan fingerprint density at radius 3 is 2.96 bits per heavy atom. The summed E-state index contributed by atoms with van der Waals surface area (Å²) in [5.74, 6) is -4.76. The highest BCUT2D eigenvalue weighted by Gasteiger charge is 2.45. The average Bonchev–Trinajstić information content (AvgIpc) is 2.56. The third-order valence-corrected chi connectivity index (χ3v) is 4.36. The van der Waals surface area contributed by atoms with E-state index >= 15 is 4.39 Å². The fraction of sp³-hybridized carbons (Fsp3) is 0.353. The number of pyridine rings is 1. The lowest BCUT2D eigenvalue weighted by Gasteiger charge is -2.34. The zero-order chi connectivity index (χ0) is 18.9. The number of rotatable bonds is 3. The highest BCUT2D eigenvalue weighted by Crippen LogP contribution is 2.39. The fourth-order valence-electron chi connectivity index (χ4n) is 2.91. The number of aromatic nitrogens is 1. The standard InChI is InChI=1S/C17H17ClF2N4O2/c1-9-4-10(18)6-22-15(9)16(25)23-11-2-3-13(19)12(5-11)17(20)8-26-7-14(21)24-17/h2-4,6,12H,5,7-8H2,1H3,(H2,21,24)(H,23,25)/t12?,17-/m0/s1. The van der Waals surface area contributed by atoms with Crippen LogP contribution in [-0.4, -0.2) is 35.7 Å². The summed E-state index contributed by atoms with van der Waals surface area (Å²) in [5, 5.41) is 3.04. The van der Waals surface area contributed by atoms with Crippen LogP contribution in [0.2, 0.25) is 5.02 Å². The van der Waals surface area contributed by atoms with Crippen LogP contribution >= 0.6 is 11.6 Å². The van der Waals surface area contributed by atoms with Gasteiger partial charge >= 0.3 is 0 Å². The van der Waals surface area contributed by atoms with Crippen molar-refractivity contribution in [3.8, 4) is 0 Å². The van der Waals surface area contributed by atoms with Crippen molar-refractivity contribution in [2.45, 2.75) is 19.1 Å². The maximum absolute atomic E-state index is 15.1. The van der Waals surface area contributed by atoms with E-state index in [1.54, 1.807) is 13.0 Å². The van der Waals surface area contributed by atoms with Gasteiger partial charge in [0.1, 0.15) is 30.6 Å². The average molecular weight is 383 g/mol. The second-order valence-electron chi connectivity index (χ2n) is 6.19. The molecule has 0 saturated carbocycles. The predicted octanol–water partition coefficient (Wildman–Crippen LogP) is 2.58. The molecule has 0 spiro atoms. The molecule has 9 heteroatoms. The topological polar surface area (TPSA) is 89.6 Å². The molecule has 3 rings (SSSR count). The van der Waals surface area contributed by atoms with E-state index in [-0.39, 0.29) is 24.6 Å². The lowest BCUT2D eigenvalue weighted by atomic mass is 9.88. The highest BCUT2D eigenvalue weighted by molar-refractivity contribution is 6.30. The van der Waals surface area contributed by atoms with E-state index in [4.69, 9.17) is 22.1 Å². The van der Waals surface area contributed by atoms with Gasteiger partial charge in [0.2, 0.25) is 5.79 Å². The third kappa shape index (κ3) is 3.76. The van der Waals surface area contributed by atoms with Gasteiger partial charge < -0.3 is 15.8 Å². The first-order valence-electron chi connectivity index (χ1n) is 7.89. The zero-order valence-corrected chi connectivity index (χ0v) is 14.7. The number of alkyl halides is 1. The molecule has 3 N–H and O–H groups in total. The number of carbonyl (C=O) groups is 1. The van der Waals surface area contributed by atoms with Crippen molar-refractivity contribution in [2.24, 2.45) is 16.6 Å². The molecular weight excluding hydrogens is 366 g/mol. The summed E-state index contributed by atoms with van der Waals surface area (Å²) in [6, 6.07) is 1.61. The molecule has 2 aliphatic rings.